The van der Waals surface area contributed by atoms with Gasteiger partial charge in [0.15, 0.2) is 0 Å². The van der Waals surface area contributed by atoms with E-state index >= 15 is 0 Å². The van der Waals surface area contributed by atoms with Gasteiger partial charge in [0.05, 0.1) is 6.08 Å². The van der Waals surface area contributed by atoms with Crippen LogP contribution in [0.2, 0.25) is 0 Å². The predicted molar refractivity (Wildman–Crippen MR) is 27.8 cm³/mol. The SMILES string of the molecule is O=C(O)/C=C1\OCOC1=O. The Kier molecular flexibility index (Phi) is 1.57. The van der Waals surface area contributed by atoms with Gasteiger partial charge in [-0.1, -0.05) is 0 Å². The number of carboxylic acid groups (broad SMARTS) is 1. The Labute approximate surface area is 55.8 Å². The third-order valence-corrected chi connectivity index (χ3v) is 0.860. The normalized spacial score (nSPS) is 20.4. The molecule has 1 saturated heterocycles. The molecule has 0 amide bonds. The molecular weight excluding hydrogens is 140 g/mol. The molecule has 1 rings (SSSR count). The van der Waals surface area contributed by atoms with Crippen molar-refractivity contribution in [2.24, 2.45) is 0 Å². The summed E-state index contributed by atoms with van der Waals surface area (Å²) in [6.07, 6.45) is 0.662. The minimum atomic E-state index is -1.23. The molecular formula is C5H4O5. The van der Waals surface area contributed by atoms with Gasteiger partial charge >= 0.3 is 11.9 Å². The van der Waals surface area contributed by atoms with E-state index in [2.05, 4.69) is 9.47 Å². The molecule has 0 aliphatic carbocycles. The highest BCUT2D eigenvalue weighted by atomic mass is 16.7. The van der Waals surface area contributed by atoms with E-state index in [1.165, 1.54) is 0 Å². The number of carbonyl (C=O) groups is 2. The first-order chi connectivity index (χ1) is 4.70. The van der Waals surface area contributed by atoms with Crippen LogP contribution in [0, 0.1) is 0 Å². The second-order valence-electron chi connectivity index (χ2n) is 1.54. The van der Waals surface area contributed by atoms with E-state index < -0.39 is 11.9 Å². The highest BCUT2D eigenvalue weighted by Gasteiger charge is 2.21. The van der Waals surface area contributed by atoms with Crippen LogP contribution in [0.25, 0.3) is 0 Å². The molecule has 1 fully saturated rings. The fraction of sp³-hybridized carbons (Fsp3) is 0.200. The average Bonchev–Trinajstić information content (AvgIpc) is 2.15. The van der Waals surface area contributed by atoms with E-state index in [1.807, 2.05) is 0 Å². The van der Waals surface area contributed by atoms with Gasteiger partial charge in [-0.05, 0) is 0 Å². The van der Waals surface area contributed by atoms with Crippen molar-refractivity contribution < 1.29 is 24.2 Å². The van der Waals surface area contributed by atoms with Crippen LogP contribution < -0.4 is 0 Å². The number of rotatable bonds is 1. The maximum Gasteiger partial charge on any atom is 0.376 e. The summed E-state index contributed by atoms with van der Waals surface area (Å²) in [6, 6.07) is 0. The summed E-state index contributed by atoms with van der Waals surface area (Å²) in [5.41, 5.74) is 0. The van der Waals surface area contributed by atoms with E-state index in [4.69, 9.17) is 5.11 Å². The Balaban J connectivity index is 2.72. The van der Waals surface area contributed by atoms with Crippen LogP contribution in [0.15, 0.2) is 11.8 Å². The van der Waals surface area contributed by atoms with Crippen LogP contribution in [-0.4, -0.2) is 23.8 Å². The van der Waals surface area contributed by atoms with Crippen molar-refractivity contribution >= 4 is 11.9 Å². The third kappa shape index (κ3) is 1.25. The summed E-state index contributed by atoms with van der Waals surface area (Å²) in [6.45, 7) is -0.196. The molecule has 1 N–H and O–H groups in total. The molecule has 54 valence electrons. The van der Waals surface area contributed by atoms with Gasteiger partial charge in [0.1, 0.15) is 0 Å². The smallest absolute Gasteiger partial charge is 0.376 e. The zero-order valence-electron chi connectivity index (χ0n) is 4.86. The highest BCUT2D eigenvalue weighted by Crippen LogP contribution is 2.07. The van der Waals surface area contributed by atoms with Crippen LogP contribution >= 0.6 is 0 Å². The predicted octanol–water partition coefficient (Wildman–Crippen LogP) is -0.514. The van der Waals surface area contributed by atoms with Crippen LogP contribution in [-0.2, 0) is 19.1 Å². The minimum Gasteiger partial charge on any atom is -0.478 e. The summed E-state index contributed by atoms with van der Waals surface area (Å²) in [5, 5.41) is 8.13. The van der Waals surface area contributed by atoms with E-state index in [-0.39, 0.29) is 12.6 Å². The Bertz CT molecular complexity index is 204. The number of aliphatic carboxylic acids is 1. The molecule has 0 aromatic rings. The molecule has 0 spiro atoms. The van der Waals surface area contributed by atoms with E-state index in [9.17, 15) is 9.59 Å². The van der Waals surface area contributed by atoms with Crippen molar-refractivity contribution in [3.63, 3.8) is 0 Å². The van der Waals surface area contributed by atoms with Crippen molar-refractivity contribution in [3.8, 4) is 0 Å². The summed E-state index contributed by atoms with van der Waals surface area (Å²) < 4.78 is 8.76. The lowest BCUT2D eigenvalue weighted by Gasteiger charge is -1.85. The lowest BCUT2D eigenvalue weighted by atomic mass is 10.4. The topological polar surface area (TPSA) is 72.8 Å². The van der Waals surface area contributed by atoms with Gasteiger partial charge in [-0.2, -0.15) is 0 Å². The lowest BCUT2D eigenvalue weighted by Crippen LogP contribution is -1.99. The molecule has 5 nitrogen and oxygen atoms in total. The Hall–Kier alpha value is -1.52. The van der Waals surface area contributed by atoms with Gasteiger partial charge < -0.3 is 14.6 Å². The van der Waals surface area contributed by atoms with Gasteiger partial charge in [-0.15, -0.1) is 0 Å². The van der Waals surface area contributed by atoms with Crippen LogP contribution in [0.4, 0.5) is 0 Å². The second-order valence-corrected chi connectivity index (χ2v) is 1.54. The number of hydrogen-bond donors (Lipinski definition) is 1. The van der Waals surface area contributed by atoms with Crippen molar-refractivity contribution in [2.75, 3.05) is 6.79 Å². The van der Waals surface area contributed by atoms with E-state index in [1.54, 1.807) is 0 Å². The molecule has 1 heterocycles. The zero-order valence-corrected chi connectivity index (χ0v) is 4.86. The second kappa shape index (κ2) is 2.38. The molecule has 1 aliphatic rings. The quantitative estimate of drug-likeness (QED) is 0.396. The fourth-order valence-electron chi connectivity index (χ4n) is 0.489. The van der Waals surface area contributed by atoms with Crippen LogP contribution in [0.5, 0.6) is 0 Å². The van der Waals surface area contributed by atoms with Crippen molar-refractivity contribution in [2.45, 2.75) is 0 Å². The fourth-order valence-corrected chi connectivity index (χ4v) is 0.489. The highest BCUT2D eigenvalue weighted by molar-refractivity contribution is 5.94. The van der Waals surface area contributed by atoms with Gasteiger partial charge in [0.2, 0.25) is 12.6 Å². The number of carbonyl (C=O) groups excluding carboxylic acids is 1. The molecule has 0 saturated carbocycles. The number of hydrogen-bond acceptors (Lipinski definition) is 4. The Morgan fingerprint density at radius 3 is 2.70 bits per heavy atom. The van der Waals surface area contributed by atoms with E-state index in [0.717, 1.165) is 0 Å². The third-order valence-electron chi connectivity index (χ3n) is 0.860. The summed E-state index contributed by atoms with van der Waals surface area (Å²) >= 11 is 0. The van der Waals surface area contributed by atoms with E-state index in [0.29, 0.717) is 6.08 Å². The molecule has 0 aromatic heterocycles. The summed E-state index contributed by atoms with van der Waals surface area (Å²) in [4.78, 5) is 20.4. The maximum absolute atomic E-state index is 10.4. The molecule has 0 atom stereocenters. The monoisotopic (exact) mass is 144 g/mol. The Morgan fingerprint density at radius 1 is 1.60 bits per heavy atom. The van der Waals surface area contributed by atoms with Crippen molar-refractivity contribution in [1.29, 1.82) is 0 Å². The van der Waals surface area contributed by atoms with Gasteiger partial charge in [0.25, 0.3) is 0 Å². The first kappa shape index (κ1) is 6.60. The zero-order chi connectivity index (χ0) is 7.56. The first-order valence-corrected chi connectivity index (χ1v) is 2.44. The maximum atomic E-state index is 10.4. The molecule has 5 heteroatoms. The summed E-state index contributed by atoms with van der Waals surface area (Å²) in [5.74, 6) is -2.22. The molecule has 0 bridgehead atoms. The number of ether oxygens (including phenoxy) is 2. The summed E-state index contributed by atoms with van der Waals surface area (Å²) in [7, 11) is 0. The van der Waals surface area contributed by atoms with Crippen LogP contribution in [0.3, 0.4) is 0 Å². The van der Waals surface area contributed by atoms with Crippen molar-refractivity contribution in [1.82, 2.24) is 0 Å². The largest absolute Gasteiger partial charge is 0.478 e. The molecule has 1 aliphatic heterocycles. The van der Waals surface area contributed by atoms with Gasteiger partial charge in [-0.25, -0.2) is 9.59 Å². The average molecular weight is 144 g/mol. The molecule has 0 aromatic carbocycles. The van der Waals surface area contributed by atoms with Gasteiger partial charge in [-0.3, -0.25) is 0 Å². The van der Waals surface area contributed by atoms with Crippen molar-refractivity contribution in [3.05, 3.63) is 11.8 Å². The first-order valence-electron chi connectivity index (χ1n) is 2.44. The number of cyclic esters (lactones) is 1. The van der Waals surface area contributed by atoms with Gasteiger partial charge in [0, 0.05) is 0 Å². The van der Waals surface area contributed by atoms with Crippen LogP contribution in [0.1, 0.15) is 0 Å². The molecule has 0 unspecified atom stereocenters. The molecule has 0 radical (unpaired) electrons. The standard InChI is InChI=1S/C5H4O5/c6-4(7)1-3-5(8)10-2-9-3/h1H,2H2,(H,6,7)/b3-1-. The molecule has 10 heavy (non-hydrogen) atoms. The number of carboxylic acids is 1. The Morgan fingerprint density at radius 2 is 2.30 bits per heavy atom. The minimum absolute atomic E-state index is 0.196. The number of esters is 1. The lowest BCUT2D eigenvalue weighted by molar-refractivity contribution is -0.136.